The third-order valence-corrected chi connectivity index (χ3v) is 8.40. The van der Waals surface area contributed by atoms with Gasteiger partial charge in [-0.1, -0.05) is 47.6 Å². The maximum atomic E-state index is 13.5. The van der Waals surface area contributed by atoms with Crippen molar-refractivity contribution in [3.63, 3.8) is 0 Å². The molecule has 1 aliphatic rings. The van der Waals surface area contributed by atoms with Crippen LogP contribution >= 0.6 is 11.9 Å². The van der Waals surface area contributed by atoms with E-state index < -0.39 is 11.0 Å². The Balaban J connectivity index is 2.05. The van der Waals surface area contributed by atoms with Crippen LogP contribution in [0.5, 0.6) is 0 Å². The van der Waals surface area contributed by atoms with Crippen LogP contribution in [0.1, 0.15) is 52.2 Å². The molecule has 0 aliphatic carbocycles. The Morgan fingerprint density at radius 1 is 1.18 bits per heavy atom. The highest BCUT2D eigenvalue weighted by molar-refractivity contribution is 7.97. The number of benzene rings is 2. The Hall–Kier alpha value is -2.41. The van der Waals surface area contributed by atoms with Crippen molar-refractivity contribution in [2.45, 2.75) is 63.3 Å². The molecular formula is C28H35N3OS2. The van der Waals surface area contributed by atoms with Crippen LogP contribution in [0.15, 0.2) is 87.8 Å². The average Bonchev–Trinajstić information content (AvgIpc) is 3.14. The van der Waals surface area contributed by atoms with Crippen LogP contribution in [0.25, 0.3) is 5.57 Å². The molecule has 1 heterocycles. The molecule has 0 saturated heterocycles. The summed E-state index contributed by atoms with van der Waals surface area (Å²) in [4.78, 5) is 1.82. The minimum atomic E-state index is -1.49. The van der Waals surface area contributed by atoms with Crippen molar-refractivity contribution in [3.8, 4) is 0 Å². The monoisotopic (exact) mass is 493 g/mol. The number of allylic oxidation sites excluding steroid dienone is 3. The maximum Gasteiger partial charge on any atom is 0.158 e. The average molecular weight is 494 g/mol. The zero-order chi connectivity index (χ0) is 25.0. The van der Waals surface area contributed by atoms with Crippen molar-refractivity contribution in [1.82, 2.24) is 8.61 Å². The number of nitrogens with one attached hydrogen (secondary N) is 1. The summed E-state index contributed by atoms with van der Waals surface area (Å²) in [5.41, 5.74) is 5.05. The Labute approximate surface area is 211 Å². The molecule has 0 spiro atoms. The van der Waals surface area contributed by atoms with E-state index in [1.165, 1.54) is 0 Å². The quantitative estimate of drug-likeness (QED) is 0.323. The third-order valence-electron chi connectivity index (χ3n) is 5.79. The lowest BCUT2D eigenvalue weighted by Crippen LogP contribution is -2.32. The molecule has 180 valence electrons. The second-order valence-corrected chi connectivity index (χ2v) is 12.1. The van der Waals surface area contributed by atoms with E-state index in [1.54, 1.807) is 16.3 Å². The number of hydrogen-bond donors (Lipinski definition) is 1. The van der Waals surface area contributed by atoms with Gasteiger partial charge in [-0.15, -0.1) is 0 Å². The lowest BCUT2D eigenvalue weighted by Gasteiger charge is -2.30. The first-order valence-corrected chi connectivity index (χ1v) is 13.3. The molecule has 34 heavy (non-hydrogen) atoms. The zero-order valence-electron chi connectivity index (χ0n) is 21.2. The normalized spacial score (nSPS) is 17.0. The van der Waals surface area contributed by atoms with Crippen molar-refractivity contribution < 1.29 is 4.21 Å². The molecule has 2 aromatic rings. The molecule has 1 unspecified atom stereocenters. The highest BCUT2D eigenvalue weighted by Crippen LogP contribution is 2.38. The van der Waals surface area contributed by atoms with Crippen LogP contribution in [0.4, 0.5) is 0 Å². The van der Waals surface area contributed by atoms with Gasteiger partial charge in [-0.25, -0.2) is 12.8 Å². The zero-order valence-corrected chi connectivity index (χ0v) is 22.8. The predicted octanol–water partition coefficient (Wildman–Crippen LogP) is 7.37. The van der Waals surface area contributed by atoms with Gasteiger partial charge in [0.2, 0.25) is 0 Å². The lowest BCUT2D eigenvalue weighted by molar-refractivity contribution is 0.319. The summed E-state index contributed by atoms with van der Waals surface area (Å²) < 4.78 is 17.3. The van der Waals surface area contributed by atoms with Crippen LogP contribution in [0.3, 0.4) is 0 Å². The number of rotatable bonds is 7. The molecule has 4 nitrogen and oxygen atoms in total. The highest BCUT2D eigenvalue weighted by atomic mass is 32.2. The molecular weight excluding hydrogens is 458 g/mol. The largest absolute Gasteiger partial charge is 0.283 e. The van der Waals surface area contributed by atoms with Crippen molar-refractivity contribution in [2.75, 3.05) is 7.05 Å². The summed E-state index contributed by atoms with van der Waals surface area (Å²) in [6.45, 7) is 12.6. The standard InChI is InChI=1S/C28H35N3OS2/c1-8-9-11-21(3)26-25(22-12-10-13-23(18-22)33-30(7)28(4,5)6)19-31(27(26)29)34(32)24-16-14-20(2)15-17-24/h8-10,12-19,29H,11H2,1-7H3/b9-8-,26-21+,29-27?. The summed E-state index contributed by atoms with van der Waals surface area (Å²) in [5, 5.41) is 8.96. The van der Waals surface area contributed by atoms with E-state index in [9.17, 15) is 4.21 Å². The molecule has 6 heteroatoms. The Morgan fingerprint density at radius 2 is 1.85 bits per heavy atom. The maximum absolute atomic E-state index is 13.5. The minimum absolute atomic E-state index is 0.0330. The lowest BCUT2D eigenvalue weighted by atomic mass is 9.95. The van der Waals surface area contributed by atoms with Crippen LogP contribution < -0.4 is 0 Å². The van der Waals surface area contributed by atoms with Gasteiger partial charge in [0.05, 0.1) is 4.90 Å². The van der Waals surface area contributed by atoms with E-state index in [4.69, 9.17) is 5.41 Å². The van der Waals surface area contributed by atoms with Crippen molar-refractivity contribution in [1.29, 1.82) is 5.41 Å². The van der Waals surface area contributed by atoms with Crippen LogP contribution in [0.2, 0.25) is 0 Å². The number of nitrogens with zero attached hydrogens (tertiary/aromatic N) is 2. The van der Waals surface area contributed by atoms with Crippen molar-refractivity contribution in [2.24, 2.45) is 0 Å². The molecule has 0 radical (unpaired) electrons. The van der Waals surface area contributed by atoms with Crippen LogP contribution in [-0.2, 0) is 11.0 Å². The second-order valence-electron chi connectivity index (χ2n) is 9.50. The van der Waals surface area contributed by atoms with Gasteiger partial charge < -0.3 is 0 Å². The van der Waals surface area contributed by atoms with Gasteiger partial charge in [0.1, 0.15) is 5.84 Å². The van der Waals surface area contributed by atoms with Gasteiger partial charge in [-0.3, -0.25) is 5.41 Å². The number of amidine groups is 1. The topological polar surface area (TPSA) is 47.4 Å². The van der Waals surface area contributed by atoms with Gasteiger partial charge in [0.15, 0.2) is 11.0 Å². The molecule has 3 rings (SSSR count). The summed E-state index contributed by atoms with van der Waals surface area (Å²) in [6, 6.07) is 16.1. The first kappa shape index (κ1) is 26.2. The van der Waals surface area contributed by atoms with E-state index in [2.05, 4.69) is 69.4 Å². The molecule has 0 saturated carbocycles. The van der Waals surface area contributed by atoms with Gasteiger partial charge in [0, 0.05) is 27.8 Å². The predicted molar refractivity (Wildman–Crippen MR) is 147 cm³/mol. The van der Waals surface area contributed by atoms with Crippen LogP contribution in [0, 0.1) is 12.3 Å². The van der Waals surface area contributed by atoms with Crippen molar-refractivity contribution in [3.05, 3.63) is 89.2 Å². The van der Waals surface area contributed by atoms with E-state index in [0.29, 0.717) is 4.90 Å². The van der Waals surface area contributed by atoms with E-state index in [1.807, 2.05) is 50.4 Å². The molecule has 0 bridgehead atoms. The molecule has 2 aromatic carbocycles. The summed E-state index contributed by atoms with van der Waals surface area (Å²) in [7, 11) is 0.604. The fraction of sp³-hybridized carbons (Fsp3) is 0.321. The van der Waals surface area contributed by atoms with Gasteiger partial charge in [-0.2, -0.15) is 0 Å². The van der Waals surface area contributed by atoms with E-state index in [0.717, 1.165) is 39.2 Å². The molecule has 1 aliphatic heterocycles. The fourth-order valence-electron chi connectivity index (χ4n) is 3.45. The SMILES string of the molecule is C/C=C\C/C(C)=C1/C(=N)N(S(=O)c2ccc(C)cc2)C=C1c1cccc(SN(C)C(C)(C)C)c1. The summed E-state index contributed by atoms with van der Waals surface area (Å²) in [5.74, 6) is 0.278. The fourth-order valence-corrected chi connectivity index (χ4v) is 5.41. The Bertz CT molecular complexity index is 1170. The van der Waals surface area contributed by atoms with Crippen molar-refractivity contribution >= 4 is 34.3 Å². The summed E-state index contributed by atoms with van der Waals surface area (Å²) >= 11 is 1.70. The highest BCUT2D eigenvalue weighted by Gasteiger charge is 2.31. The molecule has 0 fully saturated rings. The Kier molecular flexibility index (Phi) is 8.39. The minimum Gasteiger partial charge on any atom is -0.283 e. The molecule has 1 N–H and O–H groups in total. The summed E-state index contributed by atoms with van der Waals surface area (Å²) in [6.07, 6.45) is 6.74. The number of aryl methyl sites for hydroxylation is 1. The molecule has 0 amide bonds. The smallest absolute Gasteiger partial charge is 0.158 e. The van der Waals surface area contributed by atoms with Crippen LogP contribution in [-0.4, -0.2) is 31.2 Å². The third kappa shape index (κ3) is 5.98. The van der Waals surface area contributed by atoms with Gasteiger partial charge in [-0.05, 0) is 96.8 Å². The molecule has 0 aromatic heterocycles. The van der Waals surface area contributed by atoms with Gasteiger partial charge >= 0.3 is 0 Å². The second kappa shape index (κ2) is 10.9. The molecule has 1 atom stereocenters. The number of hydrogen-bond acceptors (Lipinski definition) is 4. The van der Waals surface area contributed by atoms with Gasteiger partial charge in [0.25, 0.3) is 0 Å². The first-order valence-electron chi connectivity index (χ1n) is 11.4. The van der Waals surface area contributed by atoms with E-state index >= 15 is 0 Å². The van der Waals surface area contributed by atoms with E-state index in [-0.39, 0.29) is 11.4 Å². The first-order chi connectivity index (χ1) is 16.0. The Morgan fingerprint density at radius 3 is 2.47 bits per heavy atom.